The van der Waals surface area contributed by atoms with Gasteiger partial charge in [0.05, 0.1) is 23.4 Å². The van der Waals surface area contributed by atoms with Gasteiger partial charge < -0.3 is 19.5 Å². The fourth-order valence-electron chi connectivity index (χ4n) is 3.63. The molecular weight excluding hydrogens is 416 g/mol. The number of benzene rings is 1. The number of rotatable bonds is 7. The molecule has 0 unspecified atom stereocenters. The van der Waals surface area contributed by atoms with Crippen LogP contribution in [0.3, 0.4) is 0 Å². The summed E-state index contributed by atoms with van der Waals surface area (Å²) < 4.78 is 7.33. The largest absolute Gasteiger partial charge is 0.496 e. The van der Waals surface area contributed by atoms with E-state index in [-0.39, 0.29) is 5.91 Å². The first kappa shape index (κ1) is 21.1. The Morgan fingerprint density at radius 1 is 1.10 bits per heavy atom. The summed E-state index contributed by atoms with van der Waals surface area (Å²) in [7, 11) is 1.55. The number of hydrogen-bond donors (Lipinski definition) is 1. The van der Waals surface area contributed by atoms with E-state index in [2.05, 4.69) is 25.1 Å². The van der Waals surface area contributed by atoms with E-state index in [0.717, 1.165) is 44.4 Å². The van der Waals surface area contributed by atoms with Gasteiger partial charge in [0.1, 0.15) is 5.75 Å². The highest BCUT2D eigenvalue weighted by molar-refractivity contribution is 6.33. The number of nitrogens with zero attached hydrogens (tertiary/aromatic N) is 5. The maximum Gasteiger partial charge on any atom is 0.255 e. The maximum atomic E-state index is 12.8. The van der Waals surface area contributed by atoms with Crippen LogP contribution in [0, 0.1) is 0 Å². The van der Waals surface area contributed by atoms with E-state index in [1.807, 2.05) is 35.2 Å². The van der Waals surface area contributed by atoms with Gasteiger partial charge in [-0.1, -0.05) is 11.6 Å². The van der Waals surface area contributed by atoms with Crippen molar-refractivity contribution >= 4 is 23.5 Å². The lowest BCUT2D eigenvalue weighted by Gasteiger charge is -2.34. The van der Waals surface area contributed by atoms with Gasteiger partial charge in [0, 0.05) is 70.1 Å². The Morgan fingerprint density at radius 3 is 2.48 bits per heavy atom. The van der Waals surface area contributed by atoms with Crippen molar-refractivity contribution in [2.75, 3.05) is 51.3 Å². The normalized spacial score (nSPS) is 14.5. The number of hydrogen-bond acceptors (Lipinski definition) is 6. The number of carbonyl (C=O) groups is 1. The van der Waals surface area contributed by atoms with Crippen LogP contribution in [0.4, 0.5) is 5.95 Å². The van der Waals surface area contributed by atoms with Gasteiger partial charge in [-0.3, -0.25) is 9.69 Å². The first-order valence-electron chi connectivity index (χ1n) is 10.2. The van der Waals surface area contributed by atoms with Gasteiger partial charge in [-0.25, -0.2) is 9.97 Å². The van der Waals surface area contributed by atoms with Crippen molar-refractivity contribution < 1.29 is 9.53 Å². The van der Waals surface area contributed by atoms with Crippen molar-refractivity contribution in [1.82, 2.24) is 24.8 Å². The zero-order chi connectivity index (χ0) is 21.6. The van der Waals surface area contributed by atoms with E-state index >= 15 is 0 Å². The van der Waals surface area contributed by atoms with Crippen molar-refractivity contribution in [3.63, 3.8) is 0 Å². The summed E-state index contributed by atoms with van der Waals surface area (Å²) in [5.41, 5.74) is 1.19. The Bertz CT molecular complexity index is 1000. The molecule has 1 fully saturated rings. The molecular formula is C22H25ClN6O2. The molecule has 0 atom stereocenters. The Kier molecular flexibility index (Phi) is 6.69. The molecule has 0 radical (unpaired) electrons. The zero-order valence-corrected chi connectivity index (χ0v) is 18.1. The molecule has 1 amide bonds. The van der Waals surface area contributed by atoms with Crippen LogP contribution >= 0.6 is 11.6 Å². The molecule has 1 saturated heterocycles. The summed E-state index contributed by atoms with van der Waals surface area (Å²) in [5, 5.41) is 3.47. The third kappa shape index (κ3) is 4.98. The fourth-order valence-corrected chi connectivity index (χ4v) is 3.89. The second-order valence-electron chi connectivity index (χ2n) is 7.23. The molecule has 162 valence electrons. The quantitative estimate of drug-likeness (QED) is 0.608. The molecule has 1 N–H and O–H groups in total. The second kappa shape index (κ2) is 9.80. The molecule has 0 spiro atoms. The first-order valence-corrected chi connectivity index (χ1v) is 10.6. The van der Waals surface area contributed by atoms with Crippen molar-refractivity contribution in [1.29, 1.82) is 0 Å². The zero-order valence-electron chi connectivity index (χ0n) is 17.4. The minimum Gasteiger partial charge on any atom is -0.496 e. The fraction of sp³-hybridized carbons (Fsp3) is 0.318. The third-order valence-electron chi connectivity index (χ3n) is 5.32. The van der Waals surface area contributed by atoms with Gasteiger partial charge in [0.25, 0.3) is 5.91 Å². The summed E-state index contributed by atoms with van der Waals surface area (Å²) >= 11 is 6.43. The Labute approximate surface area is 186 Å². The molecule has 0 aliphatic carbocycles. The molecule has 1 aliphatic heterocycles. The summed E-state index contributed by atoms with van der Waals surface area (Å²) in [4.78, 5) is 25.9. The van der Waals surface area contributed by atoms with Crippen LogP contribution in [0.25, 0.3) is 5.69 Å². The van der Waals surface area contributed by atoms with Crippen LogP contribution in [0.2, 0.25) is 5.02 Å². The number of methoxy groups -OCH3 is 1. The van der Waals surface area contributed by atoms with Gasteiger partial charge >= 0.3 is 0 Å². The highest BCUT2D eigenvalue weighted by atomic mass is 35.5. The number of amides is 1. The minimum atomic E-state index is -0.200. The Hall–Kier alpha value is -3.10. The van der Waals surface area contributed by atoms with Gasteiger partial charge in [-0.15, -0.1) is 0 Å². The van der Waals surface area contributed by atoms with E-state index in [0.29, 0.717) is 22.9 Å². The Balaban J connectivity index is 1.31. The van der Waals surface area contributed by atoms with Crippen LogP contribution in [-0.4, -0.2) is 71.7 Å². The molecule has 4 rings (SSSR count). The smallest absolute Gasteiger partial charge is 0.255 e. The summed E-state index contributed by atoms with van der Waals surface area (Å²) in [6.45, 7) is 4.84. The van der Waals surface area contributed by atoms with Crippen LogP contribution in [0.1, 0.15) is 10.4 Å². The van der Waals surface area contributed by atoms with E-state index in [9.17, 15) is 4.79 Å². The predicted octanol–water partition coefficient (Wildman–Crippen LogP) is 2.48. The van der Waals surface area contributed by atoms with Crippen molar-refractivity contribution in [2.45, 2.75) is 0 Å². The highest BCUT2D eigenvalue weighted by Gasteiger charge is 2.20. The van der Waals surface area contributed by atoms with Crippen molar-refractivity contribution in [3.8, 4) is 11.4 Å². The van der Waals surface area contributed by atoms with Crippen molar-refractivity contribution in [3.05, 3.63) is 65.7 Å². The molecule has 9 heteroatoms. The lowest BCUT2D eigenvalue weighted by Crippen LogP contribution is -2.49. The molecule has 3 aromatic rings. The lowest BCUT2D eigenvalue weighted by molar-refractivity contribution is 0.0944. The maximum absolute atomic E-state index is 12.8. The van der Waals surface area contributed by atoms with E-state index in [4.69, 9.17) is 16.3 Å². The van der Waals surface area contributed by atoms with Crippen LogP contribution in [-0.2, 0) is 0 Å². The SMILES string of the molecule is COc1cc(-n2cccc2)c(Cl)cc1C(=O)NCCN1CCN(c2ncccn2)CC1. The molecule has 3 heterocycles. The van der Waals surface area contributed by atoms with Crippen LogP contribution in [0.5, 0.6) is 5.75 Å². The highest BCUT2D eigenvalue weighted by Crippen LogP contribution is 2.30. The monoisotopic (exact) mass is 440 g/mol. The number of ether oxygens (including phenoxy) is 1. The first-order chi connectivity index (χ1) is 15.2. The lowest BCUT2D eigenvalue weighted by atomic mass is 10.1. The molecule has 0 saturated carbocycles. The van der Waals surface area contributed by atoms with E-state index in [1.165, 1.54) is 0 Å². The van der Waals surface area contributed by atoms with Gasteiger partial charge in [0.2, 0.25) is 5.95 Å². The number of aromatic nitrogens is 3. The molecule has 2 aromatic heterocycles. The average molecular weight is 441 g/mol. The minimum absolute atomic E-state index is 0.200. The average Bonchev–Trinajstić information content (AvgIpc) is 3.34. The molecule has 8 nitrogen and oxygen atoms in total. The Morgan fingerprint density at radius 2 is 1.81 bits per heavy atom. The standard InChI is InChI=1S/C22H25ClN6O2/c1-31-20-16-19(28-8-2-3-9-28)18(23)15-17(20)21(30)24-7-10-27-11-13-29(14-12-27)22-25-5-4-6-26-22/h2-6,8-9,15-16H,7,10-14H2,1H3,(H,24,30). The third-order valence-corrected chi connectivity index (χ3v) is 5.62. The van der Waals surface area contributed by atoms with E-state index < -0.39 is 0 Å². The van der Waals surface area contributed by atoms with Gasteiger partial charge in [-0.05, 0) is 24.3 Å². The summed E-state index contributed by atoms with van der Waals surface area (Å²) in [5.74, 6) is 1.05. The van der Waals surface area contributed by atoms with Crippen LogP contribution < -0.4 is 15.0 Å². The van der Waals surface area contributed by atoms with Gasteiger partial charge in [0.15, 0.2) is 0 Å². The van der Waals surface area contributed by atoms with Gasteiger partial charge in [-0.2, -0.15) is 0 Å². The molecule has 1 aliphatic rings. The topological polar surface area (TPSA) is 75.5 Å². The number of halogens is 1. The molecule has 31 heavy (non-hydrogen) atoms. The predicted molar refractivity (Wildman–Crippen MR) is 120 cm³/mol. The van der Waals surface area contributed by atoms with Crippen LogP contribution in [0.15, 0.2) is 55.1 Å². The molecule has 1 aromatic carbocycles. The number of nitrogens with one attached hydrogen (secondary N) is 1. The van der Waals surface area contributed by atoms with E-state index in [1.54, 1.807) is 31.6 Å². The van der Waals surface area contributed by atoms with Crippen molar-refractivity contribution in [2.24, 2.45) is 0 Å². The number of piperazine rings is 1. The number of carbonyl (C=O) groups excluding carboxylic acids is 1. The molecule has 0 bridgehead atoms. The second-order valence-corrected chi connectivity index (χ2v) is 7.63. The summed E-state index contributed by atoms with van der Waals surface area (Å²) in [6, 6.07) is 9.08. The number of anilines is 1. The summed E-state index contributed by atoms with van der Waals surface area (Å²) in [6.07, 6.45) is 7.31.